The molecule has 1 aliphatic rings. The van der Waals surface area contributed by atoms with Gasteiger partial charge < -0.3 is 15.4 Å². The summed E-state index contributed by atoms with van der Waals surface area (Å²) in [6.07, 6.45) is 1.86. The van der Waals surface area contributed by atoms with E-state index in [2.05, 4.69) is 26.7 Å². The summed E-state index contributed by atoms with van der Waals surface area (Å²) in [7, 11) is 1.88. The predicted octanol–water partition coefficient (Wildman–Crippen LogP) is 2.72. The van der Waals surface area contributed by atoms with E-state index in [-0.39, 0.29) is 0 Å². The average Bonchev–Trinajstić information content (AvgIpc) is 2.87. The Labute approximate surface area is 117 Å². The molecule has 2 aromatic rings. The van der Waals surface area contributed by atoms with E-state index in [1.54, 1.807) is 6.07 Å². The summed E-state index contributed by atoms with van der Waals surface area (Å²) in [4.78, 5) is 7.69. The molecule has 0 radical (unpaired) electrons. The summed E-state index contributed by atoms with van der Waals surface area (Å²) in [5.74, 6) is 0.799. The van der Waals surface area contributed by atoms with E-state index < -0.39 is 5.95 Å². The summed E-state index contributed by atoms with van der Waals surface area (Å²) in [6.45, 7) is 4.47. The third-order valence-electron chi connectivity index (χ3n) is 2.75. The minimum Gasteiger partial charge on any atom is -0.455 e. The van der Waals surface area contributed by atoms with Gasteiger partial charge in [-0.2, -0.15) is 9.37 Å². The molecule has 0 atom stereocenters. The second-order valence-electron chi connectivity index (χ2n) is 4.38. The number of rotatable bonds is 1. The van der Waals surface area contributed by atoms with Crippen LogP contribution in [0.3, 0.4) is 0 Å². The fourth-order valence-corrected chi connectivity index (χ4v) is 1.82. The number of ether oxygens (including phenoxy) is 1. The highest BCUT2D eigenvalue weighted by Crippen LogP contribution is 2.25. The van der Waals surface area contributed by atoms with Crippen LogP contribution in [0.15, 0.2) is 24.4 Å². The zero-order valence-corrected chi connectivity index (χ0v) is 11.7. The minimum absolute atomic E-state index is 0.347. The van der Waals surface area contributed by atoms with E-state index in [0.29, 0.717) is 12.6 Å². The van der Waals surface area contributed by atoms with Gasteiger partial charge in [-0.1, -0.05) is 6.07 Å². The molecule has 106 valence electrons. The number of fused-ring (bicyclic) bond motifs is 1. The SMILES string of the molecule is CNc1ncc(C)cc1C.Fc1ccc2c(n1)OCN2. The molecule has 5 nitrogen and oxygen atoms in total. The number of hydrogen-bond acceptors (Lipinski definition) is 5. The summed E-state index contributed by atoms with van der Waals surface area (Å²) in [5.41, 5.74) is 3.15. The lowest BCUT2D eigenvalue weighted by atomic mass is 10.2. The molecule has 3 rings (SSSR count). The van der Waals surface area contributed by atoms with E-state index in [1.807, 2.05) is 27.1 Å². The predicted molar refractivity (Wildman–Crippen MR) is 76.6 cm³/mol. The lowest BCUT2D eigenvalue weighted by molar-refractivity contribution is 0.353. The Kier molecular flexibility index (Phi) is 4.34. The van der Waals surface area contributed by atoms with Crippen LogP contribution in [0.1, 0.15) is 11.1 Å². The number of aromatic nitrogens is 2. The van der Waals surface area contributed by atoms with Crippen LogP contribution < -0.4 is 15.4 Å². The summed E-state index contributed by atoms with van der Waals surface area (Å²) < 4.78 is 17.3. The fraction of sp³-hybridized carbons (Fsp3) is 0.286. The van der Waals surface area contributed by atoms with Crippen LogP contribution in [-0.2, 0) is 0 Å². The van der Waals surface area contributed by atoms with Crippen LogP contribution in [0.5, 0.6) is 5.88 Å². The van der Waals surface area contributed by atoms with Crippen LogP contribution in [0.4, 0.5) is 15.9 Å². The summed E-state index contributed by atoms with van der Waals surface area (Å²) >= 11 is 0. The van der Waals surface area contributed by atoms with Crippen molar-refractivity contribution in [1.29, 1.82) is 0 Å². The quantitative estimate of drug-likeness (QED) is 0.784. The number of nitrogens with one attached hydrogen (secondary N) is 2. The number of halogens is 1. The first-order chi connectivity index (χ1) is 9.60. The van der Waals surface area contributed by atoms with E-state index in [0.717, 1.165) is 11.5 Å². The molecular formula is C14H17FN4O. The number of nitrogens with zero attached hydrogens (tertiary/aromatic N) is 2. The zero-order valence-electron chi connectivity index (χ0n) is 11.7. The van der Waals surface area contributed by atoms with Crippen molar-refractivity contribution in [1.82, 2.24) is 9.97 Å². The van der Waals surface area contributed by atoms with E-state index in [1.165, 1.54) is 17.2 Å². The second kappa shape index (κ2) is 6.18. The number of hydrogen-bond donors (Lipinski definition) is 2. The van der Waals surface area contributed by atoms with Gasteiger partial charge in [0.25, 0.3) is 0 Å². The van der Waals surface area contributed by atoms with Crippen LogP contribution in [0.2, 0.25) is 0 Å². The molecule has 20 heavy (non-hydrogen) atoms. The Balaban J connectivity index is 0.000000147. The summed E-state index contributed by atoms with van der Waals surface area (Å²) in [5, 5.41) is 5.89. The Hall–Kier alpha value is -2.37. The maximum absolute atomic E-state index is 12.3. The molecule has 2 N–H and O–H groups in total. The first kappa shape index (κ1) is 14.0. The van der Waals surface area contributed by atoms with Gasteiger partial charge in [0.05, 0.1) is 0 Å². The van der Waals surface area contributed by atoms with Gasteiger partial charge in [0.1, 0.15) is 11.5 Å². The highest BCUT2D eigenvalue weighted by molar-refractivity contribution is 5.54. The van der Waals surface area contributed by atoms with Gasteiger partial charge in [-0.3, -0.25) is 0 Å². The van der Waals surface area contributed by atoms with E-state index in [9.17, 15) is 4.39 Å². The van der Waals surface area contributed by atoms with Crippen molar-refractivity contribution in [3.8, 4) is 5.88 Å². The van der Waals surface area contributed by atoms with Gasteiger partial charge in [0.2, 0.25) is 11.8 Å². The Morgan fingerprint density at radius 2 is 2.15 bits per heavy atom. The fourth-order valence-electron chi connectivity index (χ4n) is 1.82. The third-order valence-corrected chi connectivity index (χ3v) is 2.75. The Bertz CT molecular complexity index is 598. The molecular weight excluding hydrogens is 259 g/mol. The number of pyridine rings is 2. The van der Waals surface area contributed by atoms with Gasteiger partial charge in [0.15, 0.2) is 6.73 Å². The van der Waals surface area contributed by atoms with Crippen molar-refractivity contribution < 1.29 is 9.13 Å². The smallest absolute Gasteiger partial charge is 0.241 e. The maximum Gasteiger partial charge on any atom is 0.241 e. The van der Waals surface area contributed by atoms with Gasteiger partial charge in [0, 0.05) is 13.2 Å². The Morgan fingerprint density at radius 3 is 2.85 bits per heavy atom. The van der Waals surface area contributed by atoms with Crippen LogP contribution in [-0.4, -0.2) is 23.7 Å². The Morgan fingerprint density at radius 1 is 1.35 bits per heavy atom. The van der Waals surface area contributed by atoms with E-state index >= 15 is 0 Å². The molecule has 0 aliphatic carbocycles. The highest BCUT2D eigenvalue weighted by Gasteiger charge is 2.12. The van der Waals surface area contributed by atoms with Crippen molar-refractivity contribution in [2.75, 3.05) is 24.4 Å². The summed E-state index contributed by atoms with van der Waals surface area (Å²) in [6, 6.07) is 5.00. The second-order valence-corrected chi connectivity index (χ2v) is 4.38. The lowest BCUT2D eigenvalue weighted by Crippen LogP contribution is -1.96. The van der Waals surface area contributed by atoms with E-state index in [4.69, 9.17) is 4.74 Å². The molecule has 0 saturated heterocycles. The number of anilines is 2. The zero-order chi connectivity index (χ0) is 14.5. The molecule has 1 aliphatic heterocycles. The number of aryl methyl sites for hydroxylation is 2. The van der Waals surface area contributed by atoms with Crippen molar-refractivity contribution in [3.05, 3.63) is 41.5 Å². The minimum atomic E-state index is -0.512. The first-order valence-electron chi connectivity index (χ1n) is 6.24. The molecule has 0 fully saturated rings. The first-order valence-corrected chi connectivity index (χ1v) is 6.24. The molecule has 2 aromatic heterocycles. The van der Waals surface area contributed by atoms with Gasteiger partial charge in [-0.15, -0.1) is 0 Å². The van der Waals surface area contributed by atoms with Crippen LogP contribution in [0.25, 0.3) is 0 Å². The lowest BCUT2D eigenvalue weighted by Gasteiger charge is -2.02. The standard InChI is InChI=1S/C8H12N2.C6H5FN2O/c1-6-4-7(2)8(9-3)10-5-6;7-5-2-1-4-6(9-5)10-3-8-4/h4-5H,1-3H3,(H,9,10);1-2,8H,3H2. The average molecular weight is 276 g/mol. The van der Waals surface area contributed by atoms with Crippen LogP contribution >= 0.6 is 0 Å². The van der Waals surface area contributed by atoms with Gasteiger partial charge in [-0.25, -0.2) is 4.98 Å². The molecule has 0 bridgehead atoms. The van der Waals surface area contributed by atoms with Gasteiger partial charge >= 0.3 is 0 Å². The topological polar surface area (TPSA) is 59.1 Å². The largest absolute Gasteiger partial charge is 0.455 e. The normalized spacial score (nSPS) is 11.6. The molecule has 6 heteroatoms. The molecule has 0 amide bonds. The molecule has 3 heterocycles. The van der Waals surface area contributed by atoms with Crippen molar-refractivity contribution in [2.45, 2.75) is 13.8 Å². The van der Waals surface area contributed by atoms with Gasteiger partial charge in [-0.05, 0) is 37.1 Å². The molecule has 0 saturated carbocycles. The highest BCUT2D eigenvalue weighted by atomic mass is 19.1. The van der Waals surface area contributed by atoms with Crippen molar-refractivity contribution in [2.24, 2.45) is 0 Å². The third kappa shape index (κ3) is 3.34. The molecule has 0 aromatic carbocycles. The van der Waals surface area contributed by atoms with Crippen LogP contribution in [0, 0.1) is 19.8 Å². The van der Waals surface area contributed by atoms with Crippen molar-refractivity contribution >= 4 is 11.5 Å². The molecule has 0 spiro atoms. The molecule has 0 unspecified atom stereocenters. The maximum atomic E-state index is 12.3. The monoisotopic (exact) mass is 276 g/mol. The van der Waals surface area contributed by atoms with Crippen molar-refractivity contribution in [3.63, 3.8) is 0 Å².